The first-order valence-corrected chi connectivity index (χ1v) is 10.5. The SMILES string of the molecule is C=CC1=C(C(=O)O)N2C(=O)C(NC(=O)C(=NCCC(=O)O)c3csc(N)n3)C2SC1. The van der Waals surface area contributed by atoms with Crippen LogP contribution in [0.2, 0.25) is 0 Å². The first kappa shape index (κ1) is 21.5. The third kappa shape index (κ3) is 4.07. The molecule has 3 heterocycles. The Morgan fingerprint density at radius 3 is 2.73 bits per heavy atom. The number of thiazole rings is 1. The number of hydrogen-bond acceptors (Lipinski definition) is 9. The first-order valence-electron chi connectivity index (χ1n) is 8.56. The number of anilines is 1. The molecule has 1 saturated heterocycles. The molecule has 0 bridgehead atoms. The number of carbonyl (C=O) groups excluding carboxylic acids is 2. The van der Waals surface area contributed by atoms with E-state index in [-0.39, 0.29) is 35.2 Å². The van der Waals surface area contributed by atoms with E-state index in [2.05, 4.69) is 21.9 Å². The van der Waals surface area contributed by atoms with Gasteiger partial charge in [-0.25, -0.2) is 9.78 Å². The highest BCUT2D eigenvalue weighted by Crippen LogP contribution is 2.40. The molecule has 5 N–H and O–H groups in total. The van der Waals surface area contributed by atoms with Crippen LogP contribution in [0.4, 0.5) is 5.13 Å². The van der Waals surface area contributed by atoms with Crippen molar-refractivity contribution in [2.24, 2.45) is 4.99 Å². The minimum Gasteiger partial charge on any atom is -0.481 e. The molecular formula is C17H17N5O6S2. The molecule has 0 saturated carbocycles. The van der Waals surface area contributed by atoms with Crippen molar-refractivity contribution in [2.75, 3.05) is 18.0 Å². The number of amides is 2. The molecule has 1 aromatic heterocycles. The molecule has 3 rings (SSSR count). The molecule has 0 aliphatic carbocycles. The molecule has 11 nitrogen and oxygen atoms in total. The Morgan fingerprint density at radius 1 is 1.43 bits per heavy atom. The zero-order valence-electron chi connectivity index (χ0n) is 15.4. The van der Waals surface area contributed by atoms with E-state index in [9.17, 15) is 24.3 Å². The van der Waals surface area contributed by atoms with Gasteiger partial charge in [-0.15, -0.1) is 23.1 Å². The van der Waals surface area contributed by atoms with E-state index < -0.39 is 35.2 Å². The number of aliphatic carboxylic acids is 2. The molecule has 2 atom stereocenters. The number of nitrogen functional groups attached to an aromatic ring is 1. The Kier molecular flexibility index (Phi) is 6.22. The summed E-state index contributed by atoms with van der Waals surface area (Å²) in [5.74, 6) is -3.29. The molecule has 0 aromatic carbocycles. The minimum absolute atomic E-state index is 0.142. The van der Waals surface area contributed by atoms with Gasteiger partial charge >= 0.3 is 11.9 Å². The lowest BCUT2D eigenvalue weighted by atomic mass is 10.0. The van der Waals surface area contributed by atoms with Crippen LogP contribution < -0.4 is 11.1 Å². The predicted octanol–water partition coefficient (Wildman–Crippen LogP) is -0.0863. The van der Waals surface area contributed by atoms with E-state index in [0.717, 1.165) is 16.2 Å². The lowest BCUT2D eigenvalue weighted by Crippen LogP contribution is -2.71. The zero-order chi connectivity index (χ0) is 22.0. The van der Waals surface area contributed by atoms with Gasteiger partial charge in [0.2, 0.25) is 0 Å². The Bertz CT molecular complexity index is 1000. The number of nitrogens with zero attached hydrogens (tertiary/aromatic N) is 3. The predicted molar refractivity (Wildman–Crippen MR) is 110 cm³/mol. The molecule has 30 heavy (non-hydrogen) atoms. The highest BCUT2D eigenvalue weighted by atomic mass is 32.2. The molecule has 0 radical (unpaired) electrons. The number of thioether (sulfide) groups is 1. The second kappa shape index (κ2) is 8.67. The summed E-state index contributed by atoms with van der Waals surface area (Å²) in [4.78, 5) is 56.9. The number of fused-ring (bicyclic) bond motifs is 1. The van der Waals surface area contributed by atoms with E-state index >= 15 is 0 Å². The number of carboxylic acid groups (broad SMARTS) is 2. The van der Waals surface area contributed by atoms with Crippen molar-refractivity contribution in [3.8, 4) is 0 Å². The van der Waals surface area contributed by atoms with Gasteiger partial charge in [0.05, 0.1) is 13.0 Å². The fraction of sp³-hybridized carbons (Fsp3) is 0.294. The highest BCUT2D eigenvalue weighted by molar-refractivity contribution is 8.00. The molecule has 2 unspecified atom stereocenters. The maximum absolute atomic E-state index is 12.8. The van der Waals surface area contributed by atoms with Crippen LogP contribution in [0.5, 0.6) is 0 Å². The lowest BCUT2D eigenvalue weighted by molar-refractivity contribution is -0.150. The third-order valence-electron chi connectivity index (χ3n) is 4.31. The number of nitrogens with one attached hydrogen (secondary N) is 1. The van der Waals surface area contributed by atoms with Crippen molar-refractivity contribution < 1.29 is 29.4 Å². The summed E-state index contributed by atoms with van der Waals surface area (Å²) < 4.78 is 0. The second-order valence-corrected chi connectivity index (χ2v) is 8.18. The number of nitrogens with two attached hydrogens (primary N) is 1. The lowest BCUT2D eigenvalue weighted by Gasteiger charge is -2.49. The van der Waals surface area contributed by atoms with Gasteiger partial charge in [0.1, 0.15) is 28.5 Å². The van der Waals surface area contributed by atoms with Crippen molar-refractivity contribution in [3.63, 3.8) is 0 Å². The van der Waals surface area contributed by atoms with Crippen molar-refractivity contribution in [3.05, 3.63) is 35.0 Å². The summed E-state index contributed by atoms with van der Waals surface area (Å²) >= 11 is 2.38. The number of β-lactam (4-membered cyclic amide) rings is 1. The third-order valence-corrected chi connectivity index (χ3v) is 6.28. The fourth-order valence-corrected chi connectivity index (χ4v) is 4.83. The standard InChI is InChI=1S/C17H17N5O6S2/c1-2-7-5-29-15-11(14(26)22(15)12(7)16(27)28)21-13(25)10(19-4-3-9(23)24)8-6-30-17(18)20-8/h2,6,11,15H,1,3-5H2,(H2,18,20)(H,21,25)(H,23,24)(H,27,28). The summed E-state index contributed by atoms with van der Waals surface area (Å²) in [6.45, 7) is 3.42. The Labute approximate surface area is 178 Å². The number of allylic oxidation sites excluding steroid dienone is 1. The van der Waals surface area contributed by atoms with Crippen molar-refractivity contribution >= 4 is 57.7 Å². The van der Waals surface area contributed by atoms with Crippen LogP contribution in [0, 0.1) is 0 Å². The van der Waals surface area contributed by atoms with Crippen LogP contribution in [0.1, 0.15) is 12.1 Å². The van der Waals surface area contributed by atoms with Gasteiger partial charge < -0.3 is 21.3 Å². The van der Waals surface area contributed by atoms with E-state index in [1.165, 1.54) is 23.2 Å². The summed E-state index contributed by atoms with van der Waals surface area (Å²) in [6.07, 6.45) is 1.10. The molecular weight excluding hydrogens is 434 g/mol. The van der Waals surface area contributed by atoms with Gasteiger partial charge in [-0.1, -0.05) is 12.7 Å². The number of rotatable bonds is 8. The smallest absolute Gasteiger partial charge is 0.352 e. The Balaban J connectivity index is 1.79. The number of aromatic nitrogens is 1. The molecule has 2 aliphatic rings. The number of carbonyl (C=O) groups is 4. The van der Waals surface area contributed by atoms with E-state index in [1.807, 2.05) is 0 Å². The van der Waals surface area contributed by atoms with E-state index in [4.69, 9.17) is 10.8 Å². The van der Waals surface area contributed by atoms with Crippen LogP contribution >= 0.6 is 23.1 Å². The molecule has 158 valence electrons. The maximum atomic E-state index is 12.8. The van der Waals surface area contributed by atoms with Crippen LogP contribution in [-0.2, 0) is 19.2 Å². The zero-order valence-corrected chi connectivity index (χ0v) is 17.0. The van der Waals surface area contributed by atoms with Crippen LogP contribution in [-0.4, -0.2) is 73.3 Å². The minimum atomic E-state index is -1.25. The topological polar surface area (TPSA) is 175 Å². The van der Waals surface area contributed by atoms with Crippen LogP contribution in [0.25, 0.3) is 0 Å². The first-order chi connectivity index (χ1) is 14.2. The van der Waals surface area contributed by atoms with Crippen molar-refractivity contribution in [1.82, 2.24) is 15.2 Å². The Hall–Kier alpha value is -3.19. The average molecular weight is 451 g/mol. The highest BCUT2D eigenvalue weighted by Gasteiger charge is 2.54. The summed E-state index contributed by atoms with van der Waals surface area (Å²) in [6, 6.07) is -0.955. The molecule has 2 amide bonds. The second-order valence-electron chi connectivity index (χ2n) is 6.19. The molecule has 1 fully saturated rings. The molecule has 2 aliphatic heterocycles. The normalized spacial score (nSPS) is 21.0. The van der Waals surface area contributed by atoms with Crippen LogP contribution in [0.3, 0.4) is 0 Å². The average Bonchev–Trinajstić information content (AvgIpc) is 3.13. The Morgan fingerprint density at radius 2 is 2.17 bits per heavy atom. The quantitative estimate of drug-likeness (QED) is 0.311. The number of hydrogen-bond donors (Lipinski definition) is 4. The summed E-state index contributed by atoms with van der Waals surface area (Å²) in [7, 11) is 0. The van der Waals surface area contributed by atoms with Gasteiger partial charge in [0.15, 0.2) is 5.13 Å². The monoisotopic (exact) mass is 451 g/mol. The van der Waals surface area contributed by atoms with E-state index in [1.54, 1.807) is 0 Å². The number of carboxylic acids is 2. The molecule has 13 heteroatoms. The van der Waals surface area contributed by atoms with Gasteiger partial charge in [0, 0.05) is 11.1 Å². The molecule has 0 spiro atoms. The van der Waals surface area contributed by atoms with Gasteiger partial charge in [-0.05, 0) is 5.57 Å². The molecule has 1 aromatic rings. The van der Waals surface area contributed by atoms with E-state index in [0.29, 0.717) is 11.3 Å². The number of aliphatic imine (C=N–C) groups is 1. The van der Waals surface area contributed by atoms with Crippen molar-refractivity contribution in [2.45, 2.75) is 17.8 Å². The van der Waals surface area contributed by atoms with Crippen molar-refractivity contribution in [1.29, 1.82) is 0 Å². The van der Waals surface area contributed by atoms with Gasteiger partial charge in [-0.3, -0.25) is 24.3 Å². The summed E-state index contributed by atoms with van der Waals surface area (Å²) in [5, 5.41) is 21.9. The van der Waals surface area contributed by atoms with Gasteiger partial charge in [0.25, 0.3) is 11.8 Å². The van der Waals surface area contributed by atoms with Crippen LogP contribution in [0.15, 0.2) is 34.3 Å². The van der Waals surface area contributed by atoms with Gasteiger partial charge in [-0.2, -0.15) is 0 Å². The fourth-order valence-electron chi connectivity index (χ4n) is 2.94. The summed E-state index contributed by atoms with van der Waals surface area (Å²) in [5.41, 5.74) is 5.91. The maximum Gasteiger partial charge on any atom is 0.352 e. The largest absolute Gasteiger partial charge is 0.481 e.